The molecule has 1 aromatic heterocycles. The number of nitrogens with zero attached hydrogens (tertiary/aromatic N) is 3. The first-order valence-corrected chi connectivity index (χ1v) is 7.56. The summed E-state index contributed by atoms with van der Waals surface area (Å²) in [7, 11) is 0. The number of hydrogen-bond acceptors (Lipinski definition) is 5. The number of carbonyl (C=O) groups is 2. The van der Waals surface area contributed by atoms with Gasteiger partial charge in [-0.25, -0.2) is 9.97 Å². The molecule has 1 amide bonds. The van der Waals surface area contributed by atoms with E-state index in [2.05, 4.69) is 27.4 Å². The Morgan fingerprint density at radius 1 is 1.04 bits per heavy atom. The standard InChI is InChI=1S/C17H18N4O2/c22-12-14-10-18-16(19-11-14)20-17(15-4-2-1-3-5-15)6-8-21(13-23)9-7-17/h1-5,10-13H,6-9H2,(H,18,19,20). The molecule has 6 nitrogen and oxygen atoms in total. The van der Waals surface area contributed by atoms with Crippen LogP contribution in [0.2, 0.25) is 0 Å². The Kier molecular flexibility index (Phi) is 4.32. The Labute approximate surface area is 134 Å². The molecule has 0 spiro atoms. The van der Waals surface area contributed by atoms with Crippen molar-refractivity contribution < 1.29 is 9.59 Å². The summed E-state index contributed by atoms with van der Waals surface area (Å²) < 4.78 is 0. The summed E-state index contributed by atoms with van der Waals surface area (Å²) in [4.78, 5) is 31.9. The van der Waals surface area contributed by atoms with Crippen molar-refractivity contribution in [2.45, 2.75) is 18.4 Å². The lowest BCUT2D eigenvalue weighted by molar-refractivity contribution is -0.119. The number of carbonyl (C=O) groups excluding carboxylic acids is 2. The van der Waals surface area contributed by atoms with Crippen molar-refractivity contribution in [1.82, 2.24) is 14.9 Å². The van der Waals surface area contributed by atoms with Gasteiger partial charge in [-0.3, -0.25) is 9.59 Å². The minimum absolute atomic E-state index is 0.316. The Morgan fingerprint density at radius 2 is 1.70 bits per heavy atom. The highest BCUT2D eigenvalue weighted by molar-refractivity contribution is 5.73. The van der Waals surface area contributed by atoms with Crippen LogP contribution in [0.5, 0.6) is 0 Å². The average Bonchev–Trinajstić information content (AvgIpc) is 2.64. The molecule has 1 fully saturated rings. The van der Waals surface area contributed by atoms with Crippen LogP contribution in [0.3, 0.4) is 0 Å². The quantitative estimate of drug-likeness (QED) is 0.853. The van der Waals surface area contributed by atoms with Gasteiger partial charge in [-0.05, 0) is 18.4 Å². The lowest BCUT2D eigenvalue weighted by atomic mass is 9.81. The molecule has 1 N–H and O–H groups in total. The van der Waals surface area contributed by atoms with Crippen LogP contribution in [0, 0.1) is 0 Å². The number of rotatable bonds is 5. The number of hydrogen-bond donors (Lipinski definition) is 1. The van der Waals surface area contributed by atoms with Crippen molar-refractivity contribution in [1.29, 1.82) is 0 Å². The molecule has 23 heavy (non-hydrogen) atoms. The fourth-order valence-corrected chi connectivity index (χ4v) is 2.93. The molecule has 0 aliphatic carbocycles. The first-order valence-electron chi connectivity index (χ1n) is 7.56. The van der Waals surface area contributed by atoms with Crippen molar-refractivity contribution in [3.05, 3.63) is 53.9 Å². The van der Waals surface area contributed by atoms with Gasteiger partial charge >= 0.3 is 0 Å². The van der Waals surface area contributed by atoms with Gasteiger partial charge in [0.2, 0.25) is 12.4 Å². The van der Waals surface area contributed by atoms with E-state index in [4.69, 9.17) is 0 Å². The van der Waals surface area contributed by atoms with Gasteiger partial charge < -0.3 is 10.2 Å². The summed E-state index contributed by atoms with van der Waals surface area (Å²) >= 11 is 0. The molecule has 1 aliphatic rings. The maximum Gasteiger partial charge on any atom is 0.223 e. The van der Waals surface area contributed by atoms with Crippen LogP contribution in [0.4, 0.5) is 5.95 Å². The number of anilines is 1. The van der Waals surface area contributed by atoms with Crippen molar-refractivity contribution in [3.8, 4) is 0 Å². The van der Waals surface area contributed by atoms with Crippen molar-refractivity contribution in [2.75, 3.05) is 18.4 Å². The van der Waals surface area contributed by atoms with Crippen LogP contribution in [0.15, 0.2) is 42.7 Å². The van der Waals surface area contributed by atoms with E-state index < -0.39 is 0 Å². The average molecular weight is 310 g/mol. The van der Waals surface area contributed by atoms with Crippen molar-refractivity contribution in [3.63, 3.8) is 0 Å². The molecule has 0 unspecified atom stereocenters. The highest BCUT2D eigenvalue weighted by Gasteiger charge is 2.36. The molecular weight excluding hydrogens is 292 g/mol. The first-order chi connectivity index (χ1) is 11.3. The molecule has 1 aromatic carbocycles. The number of aromatic nitrogens is 2. The van der Waals surface area contributed by atoms with E-state index in [0.717, 1.165) is 31.1 Å². The molecule has 2 aromatic rings. The number of aldehydes is 1. The molecule has 1 saturated heterocycles. The van der Waals surface area contributed by atoms with E-state index in [1.165, 1.54) is 12.4 Å². The van der Waals surface area contributed by atoms with Crippen molar-refractivity contribution >= 4 is 18.6 Å². The number of amides is 1. The summed E-state index contributed by atoms with van der Waals surface area (Å²) in [5.41, 5.74) is 1.28. The molecule has 0 bridgehead atoms. The Hall–Kier alpha value is -2.76. The van der Waals surface area contributed by atoms with Gasteiger partial charge in [0.1, 0.15) is 0 Å². The van der Waals surface area contributed by atoms with Gasteiger partial charge in [0.25, 0.3) is 0 Å². The summed E-state index contributed by atoms with van der Waals surface area (Å²) in [6.45, 7) is 1.36. The van der Waals surface area contributed by atoms with Crippen LogP contribution in [-0.4, -0.2) is 40.7 Å². The van der Waals surface area contributed by atoms with Gasteiger partial charge in [-0.1, -0.05) is 30.3 Å². The molecule has 118 valence electrons. The Morgan fingerprint density at radius 3 is 2.26 bits per heavy atom. The lowest BCUT2D eigenvalue weighted by Gasteiger charge is -2.41. The van der Waals surface area contributed by atoms with Gasteiger partial charge in [0, 0.05) is 25.5 Å². The van der Waals surface area contributed by atoms with E-state index in [1.807, 2.05) is 18.2 Å². The van der Waals surface area contributed by atoms with E-state index in [9.17, 15) is 9.59 Å². The SMILES string of the molecule is O=Cc1cnc(NC2(c3ccccc3)CCN(C=O)CC2)nc1. The number of benzene rings is 1. The maximum absolute atomic E-state index is 11.0. The normalized spacial score (nSPS) is 16.6. The number of nitrogens with one attached hydrogen (secondary N) is 1. The molecule has 0 radical (unpaired) electrons. The molecule has 0 saturated carbocycles. The van der Waals surface area contributed by atoms with Crippen LogP contribution >= 0.6 is 0 Å². The summed E-state index contributed by atoms with van der Waals surface area (Å²) in [6.07, 6.45) is 6.16. The third-order valence-corrected chi connectivity index (χ3v) is 4.29. The third-order valence-electron chi connectivity index (χ3n) is 4.29. The Balaban J connectivity index is 1.89. The van der Waals surface area contributed by atoms with Crippen LogP contribution in [0.1, 0.15) is 28.8 Å². The van der Waals surface area contributed by atoms with Gasteiger partial charge in [0.15, 0.2) is 6.29 Å². The van der Waals surface area contributed by atoms with Crippen LogP contribution < -0.4 is 5.32 Å². The van der Waals surface area contributed by atoms with Gasteiger partial charge in [-0.2, -0.15) is 0 Å². The highest BCUT2D eigenvalue weighted by atomic mass is 16.1. The zero-order valence-electron chi connectivity index (χ0n) is 12.7. The Bertz CT molecular complexity index is 665. The van der Waals surface area contributed by atoms with Gasteiger partial charge in [-0.15, -0.1) is 0 Å². The topological polar surface area (TPSA) is 75.2 Å². The van der Waals surface area contributed by atoms with E-state index in [-0.39, 0.29) is 5.54 Å². The molecule has 0 atom stereocenters. The summed E-state index contributed by atoms with van der Waals surface area (Å²) in [5, 5.41) is 3.43. The molecular formula is C17H18N4O2. The largest absolute Gasteiger partial charge is 0.345 e. The fraction of sp³-hybridized carbons (Fsp3) is 0.294. The van der Waals surface area contributed by atoms with E-state index in [0.29, 0.717) is 24.6 Å². The predicted octanol–water partition coefficient (Wildman–Crippen LogP) is 1.85. The molecule has 6 heteroatoms. The molecule has 2 heterocycles. The zero-order chi connectivity index (χ0) is 16.1. The third kappa shape index (κ3) is 3.21. The smallest absolute Gasteiger partial charge is 0.223 e. The number of piperidine rings is 1. The minimum Gasteiger partial charge on any atom is -0.345 e. The zero-order valence-corrected chi connectivity index (χ0v) is 12.7. The second-order valence-electron chi connectivity index (χ2n) is 5.67. The lowest BCUT2D eigenvalue weighted by Crippen LogP contribution is -2.47. The fourth-order valence-electron chi connectivity index (χ4n) is 2.93. The second-order valence-corrected chi connectivity index (χ2v) is 5.67. The van der Waals surface area contributed by atoms with Crippen molar-refractivity contribution in [2.24, 2.45) is 0 Å². The van der Waals surface area contributed by atoms with Crippen LogP contribution in [0.25, 0.3) is 0 Å². The monoisotopic (exact) mass is 310 g/mol. The van der Waals surface area contributed by atoms with E-state index >= 15 is 0 Å². The minimum atomic E-state index is -0.316. The molecule has 3 rings (SSSR count). The summed E-state index contributed by atoms with van der Waals surface area (Å²) in [5.74, 6) is 0.485. The van der Waals surface area contributed by atoms with Gasteiger partial charge in [0.05, 0.1) is 11.1 Å². The first kappa shape index (κ1) is 15.1. The molecule has 1 aliphatic heterocycles. The maximum atomic E-state index is 11.0. The second kappa shape index (κ2) is 6.56. The summed E-state index contributed by atoms with van der Waals surface area (Å²) in [6, 6.07) is 10.1. The van der Waals surface area contributed by atoms with Crippen LogP contribution in [-0.2, 0) is 10.3 Å². The number of likely N-dealkylation sites (tertiary alicyclic amines) is 1. The highest BCUT2D eigenvalue weighted by Crippen LogP contribution is 2.35. The predicted molar refractivity (Wildman–Crippen MR) is 86.0 cm³/mol. The van der Waals surface area contributed by atoms with E-state index in [1.54, 1.807) is 4.90 Å².